The molecule has 5 heteroatoms. The number of aliphatic hydroxyl groups excluding tert-OH is 1. The summed E-state index contributed by atoms with van der Waals surface area (Å²) in [5.74, 6) is 0.391. The predicted octanol–water partition coefficient (Wildman–Crippen LogP) is 9.20. The average molecular weight is 549 g/mol. The Morgan fingerprint density at radius 3 is 1.63 bits per heavy atom. The lowest BCUT2D eigenvalue weighted by molar-refractivity contribution is 0.250. The fraction of sp³-hybridized carbons (Fsp3) is 0.417. The number of nitrogens with zero attached hydrogens (tertiary/aromatic N) is 3. The van der Waals surface area contributed by atoms with Crippen LogP contribution in [0.25, 0.3) is 0 Å². The van der Waals surface area contributed by atoms with Gasteiger partial charge < -0.3 is 10.4 Å². The highest BCUT2D eigenvalue weighted by Crippen LogP contribution is 2.47. The minimum absolute atomic E-state index is 0.391. The Kier molecular flexibility index (Phi) is 7.91. The molecule has 0 atom stereocenters. The first-order chi connectivity index (χ1) is 19.8. The summed E-state index contributed by atoms with van der Waals surface area (Å²) < 4.78 is 0. The first kappa shape index (κ1) is 28.8. The van der Waals surface area contributed by atoms with Gasteiger partial charge in [0.25, 0.3) is 0 Å². The van der Waals surface area contributed by atoms with Gasteiger partial charge in [0, 0.05) is 11.3 Å². The Bertz CT molecular complexity index is 1550. The third-order valence-electron chi connectivity index (χ3n) is 9.38. The third kappa shape index (κ3) is 4.41. The molecular formula is C36H44N4O. The zero-order chi connectivity index (χ0) is 29.5. The molecule has 5 heterocycles. The molecule has 0 spiro atoms. The number of hydrogen-bond acceptors (Lipinski definition) is 5. The van der Waals surface area contributed by atoms with Gasteiger partial charge in [-0.2, -0.15) is 0 Å². The van der Waals surface area contributed by atoms with Crippen LogP contribution in [0.3, 0.4) is 0 Å². The Balaban J connectivity index is 1.86. The molecule has 0 amide bonds. The van der Waals surface area contributed by atoms with Gasteiger partial charge in [-0.1, -0.05) is 61.1 Å². The number of aliphatic hydroxyl groups is 1. The Morgan fingerprint density at radius 2 is 1.12 bits per heavy atom. The molecule has 0 saturated carbocycles. The number of hydrogen-bond donors (Lipinski definition) is 2. The van der Waals surface area contributed by atoms with Gasteiger partial charge in [0.15, 0.2) is 0 Å². The summed E-state index contributed by atoms with van der Waals surface area (Å²) in [7, 11) is 0. The maximum atomic E-state index is 11.7. The Morgan fingerprint density at radius 1 is 0.659 bits per heavy atom. The molecule has 5 aliphatic rings. The molecule has 0 unspecified atom stereocenters. The van der Waals surface area contributed by atoms with E-state index in [1.54, 1.807) is 0 Å². The first-order valence-corrected chi connectivity index (χ1v) is 15.5. The van der Waals surface area contributed by atoms with Gasteiger partial charge in [-0.25, -0.2) is 15.0 Å². The largest absolute Gasteiger partial charge is 0.509 e. The van der Waals surface area contributed by atoms with Crippen LogP contribution in [-0.2, 0) is 0 Å². The summed E-state index contributed by atoms with van der Waals surface area (Å²) in [5, 5.41) is 15.4. The van der Waals surface area contributed by atoms with Crippen molar-refractivity contribution in [3.05, 3.63) is 105 Å². The van der Waals surface area contributed by atoms with Crippen molar-refractivity contribution in [2.45, 2.75) is 93.4 Å². The highest BCUT2D eigenvalue weighted by Gasteiger charge is 2.43. The first-order valence-electron chi connectivity index (χ1n) is 15.5. The van der Waals surface area contributed by atoms with E-state index in [-0.39, 0.29) is 0 Å². The topological polar surface area (TPSA) is 69.3 Å². The maximum Gasteiger partial charge on any atom is 0.128 e. The van der Waals surface area contributed by atoms with Crippen molar-refractivity contribution in [1.29, 1.82) is 0 Å². The van der Waals surface area contributed by atoms with Crippen LogP contribution >= 0.6 is 0 Å². The van der Waals surface area contributed by atoms with Crippen molar-refractivity contribution in [2.24, 2.45) is 20.4 Å². The number of nitrogens with one attached hydrogen (secondary N) is 1. The van der Waals surface area contributed by atoms with Crippen LogP contribution in [-0.4, -0.2) is 22.2 Å². The molecule has 0 aliphatic carbocycles. The maximum absolute atomic E-state index is 11.7. The van der Waals surface area contributed by atoms with Crippen molar-refractivity contribution in [3.8, 4) is 0 Å². The molecule has 0 aromatic rings. The van der Waals surface area contributed by atoms with E-state index in [9.17, 15) is 5.11 Å². The molecule has 0 aromatic carbocycles. The molecule has 5 nitrogen and oxygen atoms in total. The minimum atomic E-state index is -0.489. The second-order valence-electron chi connectivity index (χ2n) is 11.1. The van der Waals surface area contributed by atoms with Crippen molar-refractivity contribution in [2.75, 3.05) is 0 Å². The fourth-order valence-electron chi connectivity index (χ4n) is 7.07. The lowest BCUT2D eigenvalue weighted by Gasteiger charge is -2.28. The Labute approximate surface area is 245 Å². The second kappa shape index (κ2) is 11.3. The van der Waals surface area contributed by atoms with Gasteiger partial charge in [-0.15, -0.1) is 0 Å². The molecule has 0 fully saturated rings. The highest BCUT2D eigenvalue weighted by molar-refractivity contribution is 6.18. The normalized spacial score (nSPS) is 21.5. The van der Waals surface area contributed by atoms with Crippen molar-refractivity contribution < 1.29 is 5.11 Å². The van der Waals surface area contributed by atoms with E-state index in [0.717, 1.165) is 96.1 Å². The SMILES string of the molecule is C=CC1=C(CC)C2=NC1=CC1=NC(=CC3=C(O)C(CC)(CC)C(=CC4=NC(=C2)C(CC)=C4CC)N3)C(CC)=C1CC. The van der Waals surface area contributed by atoms with E-state index in [1.807, 2.05) is 12.2 Å². The summed E-state index contributed by atoms with van der Waals surface area (Å²) >= 11 is 0. The van der Waals surface area contributed by atoms with Crippen LogP contribution in [0.1, 0.15) is 93.4 Å². The predicted molar refractivity (Wildman–Crippen MR) is 173 cm³/mol. The summed E-state index contributed by atoms with van der Waals surface area (Å²) in [6, 6.07) is 0. The summed E-state index contributed by atoms with van der Waals surface area (Å²) in [6.07, 6.45) is 16.4. The summed E-state index contributed by atoms with van der Waals surface area (Å²) in [6.45, 7) is 19.4. The lowest BCUT2D eigenvalue weighted by atomic mass is 9.78. The number of fused-ring (bicyclic) bond motifs is 5. The number of aliphatic imine (C=N–C) groups is 3. The summed E-state index contributed by atoms with van der Waals surface area (Å²) in [4.78, 5) is 15.5. The van der Waals surface area contributed by atoms with Gasteiger partial charge in [0.2, 0.25) is 0 Å². The standard InChI is InChI=1S/C36H44N4O/c1-9-21-22(10-2)28-18-30-25(13-5)26(14-6)32(39-30)20-34-36(15-7,16-8)35(41)33(40-34)19-31-24(12-4)23(11-3)29(38-31)17-27(21)37-28/h9,17-20,40-41H,1,10-16H2,2-8H3. The highest BCUT2D eigenvalue weighted by atomic mass is 16.3. The van der Waals surface area contributed by atoms with Gasteiger partial charge in [0.05, 0.1) is 45.3 Å². The van der Waals surface area contributed by atoms with Crippen molar-refractivity contribution in [1.82, 2.24) is 5.32 Å². The number of allylic oxidation sites excluding steroid dienone is 10. The molecule has 0 aromatic heterocycles. The van der Waals surface area contributed by atoms with Gasteiger partial charge >= 0.3 is 0 Å². The molecule has 2 N–H and O–H groups in total. The molecule has 214 valence electrons. The fourth-order valence-corrected chi connectivity index (χ4v) is 7.07. The van der Waals surface area contributed by atoms with E-state index in [1.165, 1.54) is 27.9 Å². The van der Waals surface area contributed by atoms with E-state index >= 15 is 0 Å². The van der Waals surface area contributed by atoms with Crippen molar-refractivity contribution >= 4 is 17.1 Å². The minimum Gasteiger partial charge on any atom is -0.509 e. The smallest absolute Gasteiger partial charge is 0.128 e. The molecule has 0 saturated heterocycles. The van der Waals surface area contributed by atoms with Crippen LogP contribution in [0.4, 0.5) is 0 Å². The Hall–Kier alpha value is -3.73. The van der Waals surface area contributed by atoms with Gasteiger partial charge in [-0.3, -0.25) is 0 Å². The van der Waals surface area contributed by atoms with E-state index in [0.29, 0.717) is 5.76 Å². The van der Waals surface area contributed by atoms with Crippen LogP contribution in [0.5, 0.6) is 0 Å². The van der Waals surface area contributed by atoms with Crippen LogP contribution < -0.4 is 5.32 Å². The van der Waals surface area contributed by atoms with E-state index in [2.05, 4.69) is 78.6 Å². The second-order valence-corrected chi connectivity index (χ2v) is 11.1. The van der Waals surface area contributed by atoms with E-state index in [4.69, 9.17) is 15.0 Å². The van der Waals surface area contributed by atoms with Gasteiger partial charge in [0.1, 0.15) is 5.76 Å². The lowest BCUT2D eigenvalue weighted by Crippen LogP contribution is -2.25. The monoisotopic (exact) mass is 548 g/mol. The third-order valence-corrected chi connectivity index (χ3v) is 9.38. The molecule has 41 heavy (non-hydrogen) atoms. The van der Waals surface area contributed by atoms with Crippen LogP contribution in [0.2, 0.25) is 0 Å². The van der Waals surface area contributed by atoms with Crippen molar-refractivity contribution in [3.63, 3.8) is 0 Å². The summed E-state index contributed by atoms with van der Waals surface area (Å²) in [5.41, 5.74) is 14.2. The zero-order valence-corrected chi connectivity index (χ0v) is 25.8. The number of rotatable bonds is 8. The average Bonchev–Trinajstić information content (AvgIpc) is 3.67. The van der Waals surface area contributed by atoms with Crippen LogP contribution in [0, 0.1) is 5.41 Å². The molecule has 8 bridgehead atoms. The zero-order valence-electron chi connectivity index (χ0n) is 25.8. The van der Waals surface area contributed by atoms with Gasteiger partial charge in [-0.05, 0) is 97.1 Å². The molecule has 5 aliphatic heterocycles. The molecular weight excluding hydrogens is 504 g/mol. The van der Waals surface area contributed by atoms with E-state index < -0.39 is 5.41 Å². The molecule has 5 rings (SSSR count). The quantitative estimate of drug-likeness (QED) is 0.317. The molecule has 0 radical (unpaired) electrons. The van der Waals surface area contributed by atoms with Crippen LogP contribution in [0.15, 0.2) is 120 Å².